The van der Waals surface area contributed by atoms with Gasteiger partial charge in [0.1, 0.15) is 0 Å². The van der Waals surface area contributed by atoms with Gasteiger partial charge in [-0.05, 0) is 0 Å². The van der Waals surface area contributed by atoms with E-state index in [9.17, 15) is 0 Å². The highest BCUT2D eigenvalue weighted by atomic mass is 17.3. The topological polar surface area (TPSA) is 40.2 Å². The van der Waals surface area contributed by atoms with E-state index in [1.54, 1.807) is 0 Å². The fourth-order valence-corrected chi connectivity index (χ4v) is 1.50. The van der Waals surface area contributed by atoms with Crippen molar-refractivity contribution in [1.82, 2.24) is 0 Å². The van der Waals surface area contributed by atoms with E-state index in [1.807, 2.05) is 0 Å². The van der Waals surface area contributed by atoms with Crippen LogP contribution in [0.2, 0.25) is 0 Å². The van der Waals surface area contributed by atoms with E-state index in [1.165, 1.54) is 0 Å². The number of rotatable bonds is 0. The molecule has 4 nitrogen and oxygen atoms in total. The Morgan fingerprint density at radius 2 is 1.40 bits per heavy atom. The summed E-state index contributed by atoms with van der Waals surface area (Å²) in [6.45, 7) is 0. The van der Waals surface area contributed by atoms with Gasteiger partial charge in [-0.1, -0.05) is 0 Å². The Labute approximate surface area is 57.9 Å². The number of hydrogen-bond acceptors (Lipinski definition) is 4. The summed E-state index contributed by atoms with van der Waals surface area (Å²) in [6, 6.07) is 0. The van der Waals surface area contributed by atoms with Crippen LogP contribution >= 0.6 is 0 Å². The monoisotopic (exact) mass is 144 g/mol. The van der Waals surface area contributed by atoms with Gasteiger partial charge in [-0.2, -0.15) is 0 Å². The summed E-state index contributed by atoms with van der Waals surface area (Å²) >= 11 is 0. The first-order valence-electron chi connectivity index (χ1n) is 3.55. The van der Waals surface area contributed by atoms with Crippen LogP contribution in [0.25, 0.3) is 0 Å². The zero-order chi connectivity index (χ0) is 6.55. The van der Waals surface area contributed by atoms with Crippen molar-refractivity contribution < 1.29 is 19.2 Å². The molecule has 0 N–H and O–H groups in total. The summed E-state index contributed by atoms with van der Waals surface area (Å²) in [7, 11) is 0. The average molecular weight is 144 g/mol. The molecule has 10 heavy (non-hydrogen) atoms. The summed E-state index contributed by atoms with van der Waals surface area (Å²) in [4.78, 5) is 9.70. The Morgan fingerprint density at radius 1 is 0.800 bits per heavy atom. The third kappa shape index (κ3) is 0.703. The van der Waals surface area contributed by atoms with Gasteiger partial charge < -0.3 is 9.47 Å². The molecule has 0 saturated carbocycles. The lowest BCUT2D eigenvalue weighted by molar-refractivity contribution is -0.299. The molecule has 56 valence electrons. The van der Waals surface area contributed by atoms with Crippen LogP contribution in [-0.4, -0.2) is 24.8 Å². The number of fused-ring (bicyclic) bond motifs is 3. The van der Waals surface area contributed by atoms with E-state index in [-0.39, 0.29) is 12.6 Å². The molecule has 0 radical (unpaired) electrons. The first kappa shape index (κ1) is 5.49. The summed E-state index contributed by atoms with van der Waals surface area (Å²) < 4.78 is 10.6. The van der Waals surface area contributed by atoms with Crippen molar-refractivity contribution in [3.05, 3.63) is 0 Å². The van der Waals surface area contributed by atoms with Gasteiger partial charge in [-0.3, -0.25) is 0 Å². The van der Waals surface area contributed by atoms with Crippen molar-refractivity contribution in [1.29, 1.82) is 0 Å². The Balaban J connectivity index is 1.81. The second-order valence-electron chi connectivity index (χ2n) is 2.87. The van der Waals surface area contributed by atoms with E-state index in [0.29, 0.717) is 12.2 Å². The minimum absolute atomic E-state index is 0.178. The highest BCUT2D eigenvalue weighted by molar-refractivity contribution is 4.89. The minimum Gasteiger partial charge on any atom is -0.369 e. The number of hydrogen-bond donors (Lipinski definition) is 0. The Bertz CT molecular complexity index is 144. The highest BCUT2D eigenvalue weighted by Gasteiger charge is 2.49. The van der Waals surface area contributed by atoms with E-state index >= 15 is 0 Å². The minimum atomic E-state index is -0.178. The first-order chi connectivity index (χ1) is 4.92. The van der Waals surface area contributed by atoms with Crippen molar-refractivity contribution in [2.75, 3.05) is 0 Å². The van der Waals surface area contributed by atoms with Gasteiger partial charge in [-0.15, -0.1) is 0 Å². The standard InChI is InChI=1S/C6H8O4/c1-3-4(7-3)2-6-8-5(1)9-10-6/h3-6H,1-2H2. The van der Waals surface area contributed by atoms with Crippen LogP contribution in [0.3, 0.4) is 0 Å². The van der Waals surface area contributed by atoms with Crippen molar-refractivity contribution in [2.45, 2.75) is 37.6 Å². The fourth-order valence-electron chi connectivity index (χ4n) is 1.50. The third-order valence-electron chi connectivity index (χ3n) is 2.11. The Hall–Kier alpha value is -0.160. The molecule has 0 spiro atoms. The molecule has 4 heteroatoms. The molecule has 0 aliphatic carbocycles. The summed E-state index contributed by atoms with van der Waals surface area (Å²) in [6.07, 6.45) is 2.03. The predicted octanol–water partition coefficient (Wildman–Crippen LogP) is 0.178. The van der Waals surface area contributed by atoms with Gasteiger partial charge in [-0.25, -0.2) is 9.78 Å². The molecule has 4 unspecified atom stereocenters. The average Bonchev–Trinajstić information content (AvgIpc) is 2.35. The number of epoxide rings is 1. The maximum absolute atomic E-state index is 5.30. The van der Waals surface area contributed by atoms with E-state index in [4.69, 9.17) is 19.2 Å². The summed E-state index contributed by atoms with van der Waals surface area (Å²) in [5, 5.41) is 0. The molecule has 0 amide bonds. The van der Waals surface area contributed by atoms with Gasteiger partial charge in [0.25, 0.3) is 0 Å². The zero-order valence-corrected chi connectivity index (χ0v) is 5.36. The predicted molar refractivity (Wildman–Crippen MR) is 28.7 cm³/mol. The molecular formula is C6H8O4. The molecule has 0 aromatic rings. The zero-order valence-electron chi connectivity index (χ0n) is 5.36. The largest absolute Gasteiger partial charge is 0.369 e. The van der Waals surface area contributed by atoms with Crippen LogP contribution in [0.15, 0.2) is 0 Å². The van der Waals surface area contributed by atoms with E-state index in [0.717, 1.165) is 12.8 Å². The lowest BCUT2D eigenvalue weighted by atomic mass is 10.2. The first-order valence-corrected chi connectivity index (χ1v) is 3.55. The van der Waals surface area contributed by atoms with Crippen molar-refractivity contribution in [3.63, 3.8) is 0 Å². The summed E-state index contributed by atoms with van der Waals surface area (Å²) in [5.41, 5.74) is 0. The smallest absolute Gasteiger partial charge is 0.197 e. The van der Waals surface area contributed by atoms with Gasteiger partial charge in [0.15, 0.2) is 12.6 Å². The molecular weight excluding hydrogens is 136 g/mol. The lowest BCUT2D eigenvalue weighted by Crippen LogP contribution is -2.10. The van der Waals surface area contributed by atoms with Crippen LogP contribution in [0.5, 0.6) is 0 Å². The quantitative estimate of drug-likeness (QED) is 0.359. The van der Waals surface area contributed by atoms with E-state index in [2.05, 4.69) is 0 Å². The number of ether oxygens (including phenoxy) is 2. The Morgan fingerprint density at radius 3 is 2.00 bits per heavy atom. The molecule has 3 aliphatic rings. The second kappa shape index (κ2) is 1.71. The lowest BCUT2D eigenvalue weighted by Gasteiger charge is -2.01. The van der Waals surface area contributed by atoms with Gasteiger partial charge in [0.2, 0.25) is 0 Å². The van der Waals surface area contributed by atoms with Crippen molar-refractivity contribution in [3.8, 4) is 0 Å². The van der Waals surface area contributed by atoms with Crippen LogP contribution in [0.1, 0.15) is 12.8 Å². The van der Waals surface area contributed by atoms with Crippen LogP contribution in [0, 0.1) is 0 Å². The molecule has 3 rings (SSSR count). The van der Waals surface area contributed by atoms with Crippen molar-refractivity contribution >= 4 is 0 Å². The van der Waals surface area contributed by atoms with Gasteiger partial charge in [0, 0.05) is 12.8 Å². The van der Waals surface area contributed by atoms with Crippen molar-refractivity contribution in [2.24, 2.45) is 0 Å². The molecule has 3 aliphatic heterocycles. The highest BCUT2D eigenvalue weighted by Crippen LogP contribution is 2.38. The Kier molecular flexibility index (Phi) is 0.936. The normalized spacial score (nSPS) is 57.6. The maximum Gasteiger partial charge on any atom is 0.197 e. The van der Waals surface area contributed by atoms with Crippen LogP contribution < -0.4 is 0 Å². The SMILES string of the molecule is C1C2OOC(CC3OC13)O2. The molecule has 0 aromatic carbocycles. The molecule has 2 bridgehead atoms. The molecule has 4 atom stereocenters. The van der Waals surface area contributed by atoms with Crippen LogP contribution in [0.4, 0.5) is 0 Å². The van der Waals surface area contributed by atoms with E-state index < -0.39 is 0 Å². The molecule has 3 saturated heterocycles. The van der Waals surface area contributed by atoms with Gasteiger partial charge in [0.05, 0.1) is 12.2 Å². The molecule has 3 heterocycles. The second-order valence-corrected chi connectivity index (χ2v) is 2.87. The molecule has 0 aromatic heterocycles. The maximum atomic E-state index is 5.30. The van der Waals surface area contributed by atoms with Gasteiger partial charge >= 0.3 is 0 Å². The fraction of sp³-hybridized carbons (Fsp3) is 1.00. The molecule has 3 fully saturated rings. The third-order valence-corrected chi connectivity index (χ3v) is 2.11. The van der Waals surface area contributed by atoms with Crippen LogP contribution in [-0.2, 0) is 19.2 Å². The summed E-state index contributed by atoms with van der Waals surface area (Å²) in [5.74, 6) is 0.